The maximum Gasteiger partial charge on any atom is 0.00728 e. The topological polar surface area (TPSA) is 26.0 Å². The fourth-order valence-corrected chi connectivity index (χ4v) is 1.57. The Bertz CT molecular complexity index is 151. The van der Waals surface area contributed by atoms with Crippen molar-refractivity contribution >= 4 is 0 Å². The molecule has 1 saturated carbocycles. The summed E-state index contributed by atoms with van der Waals surface area (Å²) in [6, 6.07) is 0.432. The van der Waals surface area contributed by atoms with Gasteiger partial charge in [-0.05, 0) is 38.0 Å². The van der Waals surface area contributed by atoms with Crippen LogP contribution in [0, 0.1) is 11.8 Å². The fraction of sp³-hybridized carbons (Fsp3) is 0.800. The van der Waals surface area contributed by atoms with Gasteiger partial charge in [0.25, 0.3) is 0 Å². The molecule has 0 aromatic rings. The Labute approximate surface area is 69.7 Å². The van der Waals surface area contributed by atoms with E-state index in [1.165, 1.54) is 12.0 Å². The molecule has 0 saturated heterocycles. The molecule has 0 aromatic carbocycles. The monoisotopic (exact) mass is 153 g/mol. The third-order valence-corrected chi connectivity index (χ3v) is 2.63. The van der Waals surface area contributed by atoms with E-state index in [1.807, 2.05) is 0 Å². The Hall–Kier alpha value is -0.300. The zero-order valence-electron chi connectivity index (χ0n) is 7.64. The standard InChI is InChI=1S/C10H19N/c1-7(2)4-5-10(11)9-6-8(9)3/h8-10H,1,4-6,11H2,2-3H3. The predicted octanol–water partition coefficient (Wildman–Crippen LogP) is 2.33. The molecule has 0 aliphatic heterocycles. The van der Waals surface area contributed by atoms with Crippen LogP contribution >= 0.6 is 0 Å². The highest BCUT2D eigenvalue weighted by atomic mass is 14.7. The molecule has 1 nitrogen and oxygen atoms in total. The molecule has 2 N–H and O–H groups in total. The predicted molar refractivity (Wildman–Crippen MR) is 49.3 cm³/mol. The molecule has 1 aliphatic rings. The molecular formula is C10H19N. The molecule has 1 aliphatic carbocycles. The van der Waals surface area contributed by atoms with Gasteiger partial charge in [-0.15, -0.1) is 6.58 Å². The Morgan fingerprint density at radius 1 is 1.73 bits per heavy atom. The highest BCUT2D eigenvalue weighted by Gasteiger charge is 2.36. The normalized spacial score (nSPS) is 31.5. The highest BCUT2D eigenvalue weighted by Crippen LogP contribution is 2.41. The van der Waals surface area contributed by atoms with Crippen LogP contribution in [0.3, 0.4) is 0 Å². The van der Waals surface area contributed by atoms with E-state index in [0.717, 1.165) is 24.7 Å². The van der Waals surface area contributed by atoms with Crippen molar-refractivity contribution in [2.24, 2.45) is 17.6 Å². The average molecular weight is 153 g/mol. The van der Waals surface area contributed by atoms with Gasteiger partial charge in [0.1, 0.15) is 0 Å². The Kier molecular flexibility index (Phi) is 2.72. The molecular weight excluding hydrogens is 134 g/mol. The summed E-state index contributed by atoms with van der Waals surface area (Å²) >= 11 is 0. The van der Waals surface area contributed by atoms with E-state index in [9.17, 15) is 0 Å². The Morgan fingerprint density at radius 2 is 2.27 bits per heavy atom. The molecule has 0 spiro atoms. The van der Waals surface area contributed by atoms with Crippen LogP contribution in [0.2, 0.25) is 0 Å². The minimum Gasteiger partial charge on any atom is -0.327 e. The number of nitrogens with two attached hydrogens (primary N) is 1. The molecule has 1 rings (SSSR count). The summed E-state index contributed by atoms with van der Waals surface area (Å²) in [6.45, 7) is 8.23. The minimum atomic E-state index is 0.432. The summed E-state index contributed by atoms with van der Waals surface area (Å²) in [5, 5.41) is 0. The second-order valence-corrected chi connectivity index (χ2v) is 4.04. The van der Waals surface area contributed by atoms with Crippen molar-refractivity contribution in [3.8, 4) is 0 Å². The van der Waals surface area contributed by atoms with Crippen LogP contribution in [-0.2, 0) is 0 Å². The van der Waals surface area contributed by atoms with Crippen LogP contribution in [0.15, 0.2) is 12.2 Å². The van der Waals surface area contributed by atoms with Gasteiger partial charge in [-0.25, -0.2) is 0 Å². The molecule has 0 bridgehead atoms. The van der Waals surface area contributed by atoms with E-state index < -0.39 is 0 Å². The van der Waals surface area contributed by atoms with Crippen LogP contribution in [0.4, 0.5) is 0 Å². The summed E-state index contributed by atoms with van der Waals surface area (Å²) in [5.74, 6) is 1.70. The highest BCUT2D eigenvalue weighted by molar-refractivity contribution is 4.94. The van der Waals surface area contributed by atoms with Crippen molar-refractivity contribution < 1.29 is 0 Å². The first kappa shape index (κ1) is 8.79. The van der Waals surface area contributed by atoms with Gasteiger partial charge in [-0.2, -0.15) is 0 Å². The van der Waals surface area contributed by atoms with Crippen LogP contribution in [0.1, 0.15) is 33.1 Å². The van der Waals surface area contributed by atoms with Crippen LogP contribution in [0.25, 0.3) is 0 Å². The lowest BCUT2D eigenvalue weighted by Crippen LogP contribution is -2.22. The molecule has 1 fully saturated rings. The van der Waals surface area contributed by atoms with E-state index in [-0.39, 0.29) is 0 Å². The van der Waals surface area contributed by atoms with Gasteiger partial charge in [-0.1, -0.05) is 12.5 Å². The first-order valence-electron chi connectivity index (χ1n) is 4.51. The Morgan fingerprint density at radius 3 is 2.64 bits per heavy atom. The van der Waals surface area contributed by atoms with Gasteiger partial charge in [0.15, 0.2) is 0 Å². The SMILES string of the molecule is C=C(C)CCC(N)C1CC1C. The summed E-state index contributed by atoms with van der Waals surface area (Å²) in [5.41, 5.74) is 7.23. The molecule has 0 heterocycles. The van der Waals surface area contributed by atoms with Crippen molar-refractivity contribution in [3.05, 3.63) is 12.2 Å². The summed E-state index contributed by atoms with van der Waals surface area (Å²) in [7, 11) is 0. The zero-order chi connectivity index (χ0) is 8.43. The molecule has 3 atom stereocenters. The Balaban J connectivity index is 2.11. The van der Waals surface area contributed by atoms with Crippen molar-refractivity contribution in [3.63, 3.8) is 0 Å². The summed E-state index contributed by atoms with van der Waals surface area (Å²) in [6.07, 6.45) is 3.58. The molecule has 64 valence electrons. The van der Waals surface area contributed by atoms with Gasteiger partial charge in [0, 0.05) is 6.04 Å². The first-order valence-corrected chi connectivity index (χ1v) is 4.51. The molecule has 0 amide bonds. The maximum absolute atomic E-state index is 5.98. The molecule has 0 aromatic heterocycles. The molecule has 11 heavy (non-hydrogen) atoms. The van der Waals surface area contributed by atoms with Gasteiger partial charge in [0.05, 0.1) is 0 Å². The summed E-state index contributed by atoms with van der Waals surface area (Å²) < 4.78 is 0. The van der Waals surface area contributed by atoms with Crippen molar-refractivity contribution in [1.82, 2.24) is 0 Å². The second-order valence-electron chi connectivity index (χ2n) is 4.04. The van der Waals surface area contributed by atoms with Crippen LogP contribution in [0.5, 0.6) is 0 Å². The van der Waals surface area contributed by atoms with Gasteiger partial charge < -0.3 is 5.73 Å². The third kappa shape index (κ3) is 2.66. The average Bonchev–Trinajstić information content (AvgIpc) is 2.61. The fourth-order valence-electron chi connectivity index (χ4n) is 1.57. The van der Waals surface area contributed by atoms with E-state index in [4.69, 9.17) is 5.73 Å². The smallest absolute Gasteiger partial charge is 0.00728 e. The molecule has 0 radical (unpaired) electrons. The zero-order valence-corrected chi connectivity index (χ0v) is 7.64. The minimum absolute atomic E-state index is 0.432. The maximum atomic E-state index is 5.98. The van der Waals surface area contributed by atoms with Crippen molar-refractivity contribution in [2.45, 2.75) is 39.2 Å². The van der Waals surface area contributed by atoms with E-state index in [2.05, 4.69) is 20.4 Å². The molecule has 1 heteroatoms. The second kappa shape index (κ2) is 3.40. The number of hydrogen-bond donors (Lipinski definition) is 1. The largest absolute Gasteiger partial charge is 0.327 e. The number of rotatable bonds is 4. The van der Waals surface area contributed by atoms with Gasteiger partial charge in [0.2, 0.25) is 0 Å². The number of allylic oxidation sites excluding steroid dienone is 1. The lowest BCUT2D eigenvalue weighted by atomic mass is 10.0. The first-order chi connectivity index (χ1) is 5.11. The molecule has 3 unspecified atom stereocenters. The van der Waals surface area contributed by atoms with E-state index in [0.29, 0.717) is 6.04 Å². The lowest BCUT2D eigenvalue weighted by Gasteiger charge is -2.09. The number of hydrogen-bond acceptors (Lipinski definition) is 1. The van der Waals surface area contributed by atoms with Gasteiger partial charge >= 0.3 is 0 Å². The lowest BCUT2D eigenvalue weighted by molar-refractivity contribution is 0.524. The van der Waals surface area contributed by atoms with Crippen molar-refractivity contribution in [2.75, 3.05) is 0 Å². The van der Waals surface area contributed by atoms with Gasteiger partial charge in [-0.3, -0.25) is 0 Å². The van der Waals surface area contributed by atoms with E-state index >= 15 is 0 Å². The summed E-state index contributed by atoms with van der Waals surface area (Å²) in [4.78, 5) is 0. The van der Waals surface area contributed by atoms with Crippen LogP contribution in [-0.4, -0.2) is 6.04 Å². The third-order valence-electron chi connectivity index (χ3n) is 2.63. The van der Waals surface area contributed by atoms with Crippen LogP contribution < -0.4 is 5.73 Å². The van der Waals surface area contributed by atoms with Crippen molar-refractivity contribution in [1.29, 1.82) is 0 Å². The quantitative estimate of drug-likeness (QED) is 0.616. The van der Waals surface area contributed by atoms with E-state index in [1.54, 1.807) is 0 Å².